The Kier molecular flexibility index (Phi) is 7.38. The van der Waals surface area contributed by atoms with Crippen molar-refractivity contribution in [2.75, 3.05) is 46.0 Å². The van der Waals surface area contributed by atoms with Crippen molar-refractivity contribution >= 4 is 23.2 Å². The van der Waals surface area contributed by atoms with Gasteiger partial charge in [-0.1, -0.05) is 6.07 Å². The zero-order valence-electron chi connectivity index (χ0n) is 16.4. The van der Waals surface area contributed by atoms with Gasteiger partial charge in [-0.2, -0.15) is 13.2 Å². The van der Waals surface area contributed by atoms with E-state index in [-0.39, 0.29) is 11.5 Å². The Bertz CT molecular complexity index is 714. The minimum atomic E-state index is -5.08. The van der Waals surface area contributed by atoms with Gasteiger partial charge in [0.2, 0.25) is 0 Å². The number of hydrogen-bond acceptors (Lipinski definition) is 6. The summed E-state index contributed by atoms with van der Waals surface area (Å²) >= 11 is 1.53. The number of nitrogens with zero attached hydrogens (tertiary/aromatic N) is 2. The predicted octanol–water partition coefficient (Wildman–Crippen LogP) is 2.48. The number of carbonyl (C=O) groups excluding carboxylic acids is 1. The number of rotatable bonds is 2. The van der Waals surface area contributed by atoms with Crippen LogP contribution < -0.4 is 0 Å². The van der Waals surface area contributed by atoms with E-state index in [0.29, 0.717) is 6.04 Å². The van der Waals surface area contributed by atoms with Gasteiger partial charge in [0.1, 0.15) is 0 Å². The Morgan fingerprint density at radius 1 is 1.17 bits per heavy atom. The van der Waals surface area contributed by atoms with Crippen LogP contribution in [-0.2, 0) is 14.3 Å². The highest BCUT2D eigenvalue weighted by Gasteiger charge is 2.45. The number of ether oxygens (including phenoxy) is 2. The summed E-state index contributed by atoms with van der Waals surface area (Å²) < 4.78 is 43.4. The lowest BCUT2D eigenvalue weighted by Gasteiger charge is -2.39. The summed E-state index contributed by atoms with van der Waals surface area (Å²) in [5.74, 6) is -2.58. The number of amides is 1. The molecule has 3 aliphatic rings. The summed E-state index contributed by atoms with van der Waals surface area (Å²) in [6.45, 7) is 6.18. The van der Waals surface area contributed by atoms with E-state index in [1.54, 1.807) is 0 Å². The fourth-order valence-electron chi connectivity index (χ4n) is 4.02. The standard InChI is InChI=1S/C17H24N2O3S.C2HF3O2/c20-16(15-2-1-11-23-15)19-5-3-17(4-6-19)12-14(13-22-17)18-7-9-21-10-8-18;3-2(4,5)1(6)7/h1-2,11,14H,3-10,12-13H2;(H,6,7). The third-order valence-corrected chi connectivity index (χ3v) is 6.55. The average Bonchev–Trinajstić information content (AvgIpc) is 3.39. The molecule has 1 spiro atoms. The van der Waals surface area contributed by atoms with Gasteiger partial charge in [0.05, 0.1) is 30.3 Å². The molecule has 11 heteroatoms. The fraction of sp³-hybridized carbons (Fsp3) is 0.684. The number of likely N-dealkylation sites (tertiary alicyclic amines) is 1. The molecule has 0 aliphatic carbocycles. The van der Waals surface area contributed by atoms with Gasteiger partial charge < -0.3 is 19.5 Å². The Morgan fingerprint density at radius 2 is 1.80 bits per heavy atom. The average molecular weight is 450 g/mol. The van der Waals surface area contributed by atoms with E-state index in [4.69, 9.17) is 19.4 Å². The zero-order valence-corrected chi connectivity index (χ0v) is 17.2. The molecule has 4 rings (SSSR count). The minimum Gasteiger partial charge on any atom is -0.475 e. The van der Waals surface area contributed by atoms with E-state index in [2.05, 4.69) is 4.90 Å². The lowest BCUT2D eigenvalue weighted by Crippen LogP contribution is -2.48. The molecule has 1 aromatic rings. The Hall–Kier alpha value is -1.69. The number of carbonyl (C=O) groups is 2. The summed E-state index contributed by atoms with van der Waals surface area (Å²) in [5, 5.41) is 9.09. The molecule has 168 valence electrons. The quantitative estimate of drug-likeness (QED) is 0.746. The number of alkyl halides is 3. The van der Waals surface area contributed by atoms with Crippen LogP contribution in [0.3, 0.4) is 0 Å². The van der Waals surface area contributed by atoms with Crippen LogP contribution in [0.5, 0.6) is 0 Å². The summed E-state index contributed by atoms with van der Waals surface area (Å²) in [6, 6.07) is 4.38. The summed E-state index contributed by atoms with van der Waals surface area (Å²) in [5.41, 5.74) is -0.00476. The van der Waals surface area contributed by atoms with E-state index in [0.717, 1.165) is 70.1 Å². The number of hydrogen-bond donors (Lipinski definition) is 1. The normalized spacial score (nSPS) is 24.4. The molecule has 7 nitrogen and oxygen atoms in total. The van der Waals surface area contributed by atoms with Gasteiger partial charge in [-0.25, -0.2) is 4.79 Å². The number of carboxylic acids is 1. The second-order valence-electron chi connectivity index (χ2n) is 7.57. The molecule has 3 aliphatic heterocycles. The van der Waals surface area contributed by atoms with E-state index in [9.17, 15) is 18.0 Å². The number of piperidine rings is 1. The maximum absolute atomic E-state index is 12.4. The third-order valence-electron chi connectivity index (χ3n) is 5.69. The van der Waals surface area contributed by atoms with Gasteiger partial charge in [0, 0.05) is 32.2 Å². The van der Waals surface area contributed by atoms with Crippen molar-refractivity contribution in [3.63, 3.8) is 0 Å². The topological polar surface area (TPSA) is 79.3 Å². The highest BCUT2D eigenvalue weighted by Crippen LogP contribution is 2.38. The fourth-order valence-corrected chi connectivity index (χ4v) is 4.71. The highest BCUT2D eigenvalue weighted by molar-refractivity contribution is 7.12. The number of aliphatic carboxylic acids is 1. The Morgan fingerprint density at radius 3 is 2.33 bits per heavy atom. The van der Waals surface area contributed by atoms with Crippen LogP contribution in [-0.4, -0.2) is 90.6 Å². The van der Waals surface area contributed by atoms with E-state index in [1.807, 2.05) is 22.4 Å². The maximum Gasteiger partial charge on any atom is 0.490 e. The first-order chi connectivity index (χ1) is 14.2. The molecule has 3 fully saturated rings. The monoisotopic (exact) mass is 450 g/mol. The SMILES string of the molecule is O=C(O)C(F)(F)F.O=C(c1cccs1)N1CCC2(CC1)CC(N1CCOCC1)CO2. The van der Waals surface area contributed by atoms with Gasteiger partial charge in [-0.15, -0.1) is 11.3 Å². The second kappa shape index (κ2) is 9.63. The molecular weight excluding hydrogens is 425 g/mol. The zero-order chi connectivity index (χ0) is 21.8. The highest BCUT2D eigenvalue weighted by atomic mass is 32.1. The molecule has 1 amide bonds. The molecule has 1 atom stereocenters. The molecule has 0 radical (unpaired) electrons. The maximum atomic E-state index is 12.4. The third kappa shape index (κ3) is 5.71. The number of thiophene rings is 1. The smallest absolute Gasteiger partial charge is 0.475 e. The van der Waals surface area contributed by atoms with Crippen LogP contribution in [0.2, 0.25) is 0 Å². The molecule has 3 saturated heterocycles. The lowest BCUT2D eigenvalue weighted by molar-refractivity contribution is -0.192. The largest absolute Gasteiger partial charge is 0.490 e. The lowest BCUT2D eigenvalue weighted by atomic mass is 9.87. The van der Waals surface area contributed by atoms with Gasteiger partial charge in [-0.05, 0) is 30.7 Å². The molecule has 30 heavy (non-hydrogen) atoms. The van der Waals surface area contributed by atoms with Crippen molar-refractivity contribution in [3.8, 4) is 0 Å². The van der Waals surface area contributed by atoms with E-state index in [1.165, 1.54) is 11.3 Å². The molecule has 1 N–H and O–H groups in total. The second-order valence-corrected chi connectivity index (χ2v) is 8.52. The number of morpholine rings is 1. The molecule has 0 bridgehead atoms. The van der Waals surface area contributed by atoms with Gasteiger partial charge in [0.25, 0.3) is 5.91 Å². The van der Waals surface area contributed by atoms with Crippen molar-refractivity contribution < 1.29 is 37.3 Å². The van der Waals surface area contributed by atoms with E-state index >= 15 is 0 Å². The molecule has 0 saturated carbocycles. The van der Waals surface area contributed by atoms with Crippen LogP contribution in [0.4, 0.5) is 13.2 Å². The van der Waals surface area contributed by atoms with Gasteiger partial charge in [0.15, 0.2) is 0 Å². The van der Waals surface area contributed by atoms with Crippen molar-refractivity contribution in [3.05, 3.63) is 22.4 Å². The van der Waals surface area contributed by atoms with Crippen LogP contribution in [0.15, 0.2) is 17.5 Å². The first-order valence-corrected chi connectivity index (χ1v) is 10.7. The van der Waals surface area contributed by atoms with Crippen LogP contribution in [0.25, 0.3) is 0 Å². The Labute approximate surface area is 176 Å². The van der Waals surface area contributed by atoms with Crippen LogP contribution >= 0.6 is 11.3 Å². The van der Waals surface area contributed by atoms with Crippen LogP contribution in [0, 0.1) is 0 Å². The first-order valence-electron chi connectivity index (χ1n) is 9.79. The minimum absolute atomic E-state index is 0.00476. The van der Waals surface area contributed by atoms with Crippen molar-refractivity contribution in [1.29, 1.82) is 0 Å². The van der Waals surface area contributed by atoms with E-state index < -0.39 is 12.1 Å². The summed E-state index contributed by atoms with van der Waals surface area (Å²) in [4.78, 5) is 26.7. The molecule has 1 aromatic heterocycles. The molecule has 4 heterocycles. The van der Waals surface area contributed by atoms with Crippen molar-refractivity contribution in [1.82, 2.24) is 9.80 Å². The van der Waals surface area contributed by atoms with Crippen molar-refractivity contribution in [2.24, 2.45) is 0 Å². The van der Waals surface area contributed by atoms with Gasteiger partial charge >= 0.3 is 12.1 Å². The molecule has 0 aromatic carbocycles. The van der Waals surface area contributed by atoms with Gasteiger partial charge in [-0.3, -0.25) is 9.69 Å². The summed E-state index contributed by atoms with van der Waals surface area (Å²) in [6.07, 6.45) is -2.05. The molecular formula is C19H25F3N2O5S. The van der Waals surface area contributed by atoms with Crippen molar-refractivity contribution in [2.45, 2.75) is 37.1 Å². The number of carboxylic acid groups (broad SMARTS) is 1. The molecule has 1 unspecified atom stereocenters. The predicted molar refractivity (Wildman–Crippen MR) is 103 cm³/mol. The van der Waals surface area contributed by atoms with Crippen LogP contribution in [0.1, 0.15) is 28.9 Å². The summed E-state index contributed by atoms with van der Waals surface area (Å²) in [7, 11) is 0. The number of halogens is 3. The first kappa shape index (κ1) is 23.0. The Balaban J connectivity index is 0.000000318.